The van der Waals surface area contributed by atoms with Gasteiger partial charge in [0.15, 0.2) is 0 Å². The van der Waals surface area contributed by atoms with E-state index in [1.54, 1.807) is 6.20 Å². The molecule has 0 unspecified atom stereocenters. The van der Waals surface area contributed by atoms with E-state index in [1.165, 1.54) is 0 Å². The zero-order valence-corrected chi connectivity index (χ0v) is 12.8. The van der Waals surface area contributed by atoms with E-state index in [9.17, 15) is 4.79 Å². The number of hydrogen-bond donors (Lipinski definition) is 0. The number of aryl methyl sites for hydroxylation is 2. The normalized spacial score (nSPS) is 18.4. The molecule has 0 spiro atoms. The molecule has 3 rings (SSSR count). The molecule has 1 aliphatic heterocycles. The second-order valence-electron chi connectivity index (χ2n) is 5.74. The van der Waals surface area contributed by atoms with E-state index in [-0.39, 0.29) is 11.9 Å². The fourth-order valence-electron chi connectivity index (χ4n) is 3.17. The monoisotopic (exact) mass is 287 g/mol. The molecule has 0 radical (unpaired) electrons. The molecular formula is C16H21N3O2. The van der Waals surface area contributed by atoms with Gasteiger partial charge in [0, 0.05) is 24.5 Å². The van der Waals surface area contributed by atoms with Crippen molar-refractivity contribution >= 4 is 5.91 Å². The van der Waals surface area contributed by atoms with E-state index < -0.39 is 0 Å². The van der Waals surface area contributed by atoms with Crippen molar-refractivity contribution in [3.63, 3.8) is 0 Å². The van der Waals surface area contributed by atoms with Gasteiger partial charge in [-0.2, -0.15) is 5.10 Å². The molecule has 112 valence electrons. The molecule has 21 heavy (non-hydrogen) atoms. The number of aromatic nitrogens is 2. The standard InChI is InChI=1S/C16H21N3O2/c1-11-12(2)21-13(3)15(11)16(20)19-9-4-6-14(19)10-18-8-5-7-17-18/h5,7-8,14H,4,6,9-10H2,1-3H3/t14-/m0/s1. The topological polar surface area (TPSA) is 51.3 Å². The van der Waals surface area contributed by atoms with Gasteiger partial charge in [0.2, 0.25) is 0 Å². The van der Waals surface area contributed by atoms with Gasteiger partial charge in [-0.3, -0.25) is 9.48 Å². The minimum atomic E-state index is 0.0940. The molecule has 5 nitrogen and oxygen atoms in total. The molecule has 1 fully saturated rings. The van der Waals surface area contributed by atoms with E-state index in [1.807, 2.05) is 42.6 Å². The maximum Gasteiger partial charge on any atom is 0.257 e. The minimum Gasteiger partial charge on any atom is -0.466 e. The Labute approximate surface area is 124 Å². The molecule has 0 N–H and O–H groups in total. The van der Waals surface area contributed by atoms with Gasteiger partial charge in [-0.05, 0) is 39.7 Å². The zero-order valence-electron chi connectivity index (χ0n) is 12.8. The summed E-state index contributed by atoms with van der Waals surface area (Å²) in [5.41, 5.74) is 1.70. The number of nitrogens with zero attached hydrogens (tertiary/aromatic N) is 3. The van der Waals surface area contributed by atoms with Crippen LogP contribution in [0.25, 0.3) is 0 Å². The lowest BCUT2D eigenvalue weighted by atomic mass is 10.1. The Morgan fingerprint density at radius 2 is 2.19 bits per heavy atom. The van der Waals surface area contributed by atoms with Crippen LogP contribution in [0.2, 0.25) is 0 Å². The van der Waals surface area contributed by atoms with Crippen LogP contribution in [-0.2, 0) is 6.54 Å². The molecule has 1 aliphatic rings. The summed E-state index contributed by atoms with van der Waals surface area (Å²) in [4.78, 5) is 14.9. The first-order valence-electron chi connectivity index (χ1n) is 7.43. The molecule has 3 heterocycles. The van der Waals surface area contributed by atoms with Crippen LogP contribution in [0, 0.1) is 20.8 Å². The van der Waals surface area contributed by atoms with E-state index in [0.29, 0.717) is 0 Å². The summed E-state index contributed by atoms with van der Waals surface area (Å²) in [6, 6.07) is 2.13. The number of carbonyl (C=O) groups is 1. The molecular weight excluding hydrogens is 266 g/mol. The Morgan fingerprint density at radius 3 is 2.81 bits per heavy atom. The molecule has 1 saturated heterocycles. The second-order valence-corrected chi connectivity index (χ2v) is 5.74. The van der Waals surface area contributed by atoms with E-state index in [0.717, 1.165) is 48.6 Å². The molecule has 2 aromatic rings. The summed E-state index contributed by atoms with van der Waals surface area (Å²) in [7, 11) is 0. The number of carbonyl (C=O) groups excluding carboxylic acids is 1. The summed E-state index contributed by atoms with van der Waals surface area (Å²) in [5.74, 6) is 1.65. The van der Waals surface area contributed by atoms with Gasteiger partial charge in [0.05, 0.1) is 18.2 Å². The van der Waals surface area contributed by atoms with Crippen molar-refractivity contribution in [2.45, 2.75) is 46.2 Å². The zero-order chi connectivity index (χ0) is 15.0. The Kier molecular flexibility index (Phi) is 3.57. The molecule has 5 heteroatoms. The number of likely N-dealkylation sites (tertiary alicyclic amines) is 1. The average molecular weight is 287 g/mol. The maximum atomic E-state index is 12.9. The van der Waals surface area contributed by atoms with E-state index >= 15 is 0 Å². The van der Waals surface area contributed by atoms with Crippen molar-refractivity contribution in [3.05, 3.63) is 41.1 Å². The molecule has 0 aromatic carbocycles. The lowest BCUT2D eigenvalue weighted by Crippen LogP contribution is -2.38. The van der Waals surface area contributed by atoms with Crippen LogP contribution in [0.3, 0.4) is 0 Å². The van der Waals surface area contributed by atoms with Crippen LogP contribution >= 0.6 is 0 Å². The molecule has 1 amide bonds. The molecule has 0 aliphatic carbocycles. The first-order valence-corrected chi connectivity index (χ1v) is 7.43. The fraction of sp³-hybridized carbons (Fsp3) is 0.500. The first kappa shape index (κ1) is 13.9. The Balaban J connectivity index is 1.83. The minimum absolute atomic E-state index is 0.0940. The molecule has 0 bridgehead atoms. The Bertz CT molecular complexity index is 643. The number of furan rings is 1. The fourth-order valence-corrected chi connectivity index (χ4v) is 3.17. The molecule has 2 aromatic heterocycles. The first-order chi connectivity index (χ1) is 10.1. The predicted molar refractivity (Wildman–Crippen MR) is 79.2 cm³/mol. The third-order valence-corrected chi connectivity index (χ3v) is 4.37. The van der Waals surface area contributed by atoms with Gasteiger partial charge in [-0.25, -0.2) is 0 Å². The average Bonchev–Trinajstić information content (AvgIpc) is 3.14. The lowest BCUT2D eigenvalue weighted by molar-refractivity contribution is 0.0719. The van der Waals surface area contributed by atoms with Crippen molar-refractivity contribution in [2.24, 2.45) is 0 Å². The van der Waals surface area contributed by atoms with Crippen LogP contribution < -0.4 is 0 Å². The number of amides is 1. The van der Waals surface area contributed by atoms with Crippen molar-refractivity contribution in [2.75, 3.05) is 6.54 Å². The van der Waals surface area contributed by atoms with Gasteiger partial charge in [0.1, 0.15) is 11.5 Å². The van der Waals surface area contributed by atoms with Crippen molar-refractivity contribution in [3.8, 4) is 0 Å². The smallest absolute Gasteiger partial charge is 0.257 e. The highest BCUT2D eigenvalue weighted by molar-refractivity contribution is 5.97. The van der Waals surface area contributed by atoms with Crippen LogP contribution in [-0.4, -0.2) is 33.2 Å². The molecule has 1 atom stereocenters. The third-order valence-electron chi connectivity index (χ3n) is 4.37. The number of hydrogen-bond acceptors (Lipinski definition) is 3. The highest BCUT2D eigenvalue weighted by atomic mass is 16.3. The Hall–Kier alpha value is -2.04. The van der Waals surface area contributed by atoms with E-state index in [4.69, 9.17) is 4.42 Å². The van der Waals surface area contributed by atoms with Crippen LogP contribution in [0.1, 0.15) is 40.3 Å². The summed E-state index contributed by atoms with van der Waals surface area (Å²) in [5, 5.41) is 4.25. The maximum absolute atomic E-state index is 12.9. The van der Waals surface area contributed by atoms with Crippen LogP contribution in [0.5, 0.6) is 0 Å². The van der Waals surface area contributed by atoms with Crippen LogP contribution in [0.4, 0.5) is 0 Å². The largest absolute Gasteiger partial charge is 0.466 e. The summed E-state index contributed by atoms with van der Waals surface area (Å²) in [6.45, 7) is 7.30. The SMILES string of the molecule is Cc1oc(C)c(C(=O)N2CCC[C@H]2Cn2cccn2)c1C. The highest BCUT2D eigenvalue weighted by Gasteiger charge is 2.32. The quantitative estimate of drug-likeness (QED) is 0.872. The summed E-state index contributed by atoms with van der Waals surface area (Å²) >= 11 is 0. The van der Waals surface area contributed by atoms with Gasteiger partial charge in [0.25, 0.3) is 5.91 Å². The summed E-state index contributed by atoms with van der Waals surface area (Å²) < 4.78 is 7.50. The summed E-state index contributed by atoms with van der Waals surface area (Å²) in [6.07, 6.45) is 5.79. The van der Waals surface area contributed by atoms with Gasteiger partial charge in [-0.15, -0.1) is 0 Å². The van der Waals surface area contributed by atoms with Crippen molar-refractivity contribution < 1.29 is 9.21 Å². The van der Waals surface area contributed by atoms with Gasteiger partial charge < -0.3 is 9.32 Å². The van der Waals surface area contributed by atoms with Crippen LogP contribution in [0.15, 0.2) is 22.9 Å². The van der Waals surface area contributed by atoms with E-state index in [2.05, 4.69) is 5.10 Å². The van der Waals surface area contributed by atoms with Crippen molar-refractivity contribution in [1.82, 2.24) is 14.7 Å². The van der Waals surface area contributed by atoms with Gasteiger partial charge in [-0.1, -0.05) is 0 Å². The predicted octanol–water partition coefficient (Wildman–Crippen LogP) is 2.71. The van der Waals surface area contributed by atoms with Gasteiger partial charge >= 0.3 is 0 Å². The number of rotatable bonds is 3. The second kappa shape index (κ2) is 5.39. The lowest BCUT2D eigenvalue weighted by Gasteiger charge is -2.25. The van der Waals surface area contributed by atoms with Crippen molar-refractivity contribution in [1.29, 1.82) is 0 Å². The third kappa shape index (κ3) is 2.48. The highest BCUT2D eigenvalue weighted by Crippen LogP contribution is 2.27. The Morgan fingerprint density at radius 1 is 1.38 bits per heavy atom. The molecule has 0 saturated carbocycles.